The summed E-state index contributed by atoms with van der Waals surface area (Å²) >= 11 is 0. The molecule has 0 saturated heterocycles. The first-order valence-electron chi connectivity index (χ1n) is 5.09. The molecule has 1 atom stereocenters. The zero-order valence-corrected chi connectivity index (χ0v) is 10.2. The third-order valence-corrected chi connectivity index (χ3v) is 2.95. The molecular weight excluding hydrogens is 228 g/mol. The van der Waals surface area contributed by atoms with E-state index in [1.54, 1.807) is 0 Å². The molecule has 16 heavy (non-hydrogen) atoms. The van der Waals surface area contributed by atoms with E-state index in [1.807, 2.05) is 6.92 Å². The Morgan fingerprint density at radius 3 is 2.62 bits per heavy atom. The molecule has 0 spiro atoms. The Bertz CT molecular complexity index is 428. The minimum Gasteiger partial charge on any atom is -0.475 e. The van der Waals surface area contributed by atoms with Gasteiger partial charge in [0.1, 0.15) is 4.90 Å². The molecule has 1 heterocycles. The number of rotatable bonds is 5. The maximum absolute atomic E-state index is 11.0. The summed E-state index contributed by atoms with van der Waals surface area (Å²) < 4.78 is 27.4. The second-order valence-electron chi connectivity index (χ2n) is 3.59. The summed E-state index contributed by atoms with van der Waals surface area (Å²) in [7, 11) is -3.68. The van der Waals surface area contributed by atoms with E-state index in [9.17, 15) is 8.42 Å². The largest absolute Gasteiger partial charge is 0.475 e. The Labute approximate surface area is 95.7 Å². The van der Waals surface area contributed by atoms with Crippen LogP contribution in [0.3, 0.4) is 0 Å². The minimum absolute atomic E-state index is 0.0111. The van der Waals surface area contributed by atoms with Crippen LogP contribution in [0.2, 0.25) is 0 Å². The Morgan fingerprint density at radius 2 is 2.19 bits per heavy atom. The maximum Gasteiger partial charge on any atom is 0.239 e. The van der Waals surface area contributed by atoms with Crippen molar-refractivity contribution in [2.24, 2.45) is 5.14 Å². The number of aromatic nitrogens is 1. The van der Waals surface area contributed by atoms with Gasteiger partial charge in [-0.25, -0.2) is 18.5 Å². The number of nitrogens with two attached hydrogens (primary N) is 1. The van der Waals surface area contributed by atoms with E-state index in [1.165, 1.54) is 18.3 Å². The van der Waals surface area contributed by atoms with Gasteiger partial charge in [-0.1, -0.05) is 13.3 Å². The lowest BCUT2D eigenvalue weighted by atomic mass is 10.2. The Morgan fingerprint density at radius 1 is 1.50 bits per heavy atom. The predicted octanol–water partition coefficient (Wildman–Crippen LogP) is 1.30. The van der Waals surface area contributed by atoms with Gasteiger partial charge < -0.3 is 4.74 Å². The van der Waals surface area contributed by atoms with Gasteiger partial charge in [0.2, 0.25) is 15.9 Å². The fraction of sp³-hybridized carbons (Fsp3) is 0.500. The van der Waals surface area contributed by atoms with Crippen molar-refractivity contribution in [2.75, 3.05) is 0 Å². The van der Waals surface area contributed by atoms with Crippen molar-refractivity contribution in [3.63, 3.8) is 0 Å². The highest BCUT2D eigenvalue weighted by Gasteiger charge is 2.09. The number of pyridine rings is 1. The number of primary sulfonamides is 1. The molecule has 0 aliphatic rings. The number of hydrogen-bond donors (Lipinski definition) is 1. The topological polar surface area (TPSA) is 82.3 Å². The Kier molecular flexibility index (Phi) is 4.26. The van der Waals surface area contributed by atoms with E-state index in [-0.39, 0.29) is 11.0 Å². The summed E-state index contributed by atoms with van der Waals surface area (Å²) in [4.78, 5) is 3.87. The van der Waals surface area contributed by atoms with Gasteiger partial charge in [-0.3, -0.25) is 0 Å². The van der Waals surface area contributed by atoms with Crippen LogP contribution in [0.1, 0.15) is 26.7 Å². The molecule has 0 fully saturated rings. The third-order valence-electron chi connectivity index (χ3n) is 2.05. The van der Waals surface area contributed by atoms with Gasteiger partial charge in [0, 0.05) is 6.07 Å². The van der Waals surface area contributed by atoms with Crippen LogP contribution >= 0.6 is 0 Å². The van der Waals surface area contributed by atoms with Gasteiger partial charge in [-0.15, -0.1) is 0 Å². The first kappa shape index (κ1) is 12.9. The molecule has 0 saturated carbocycles. The molecule has 0 aromatic carbocycles. The van der Waals surface area contributed by atoms with Gasteiger partial charge in [0.25, 0.3) is 0 Å². The van der Waals surface area contributed by atoms with Crippen LogP contribution in [0.15, 0.2) is 23.2 Å². The third kappa shape index (κ3) is 3.79. The van der Waals surface area contributed by atoms with Crippen LogP contribution in [0.5, 0.6) is 5.88 Å². The van der Waals surface area contributed by atoms with Crippen molar-refractivity contribution in [1.82, 2.24) is 4.98 Å². The molecule has 0 aliphatic heterocycles. The number of nitrogens with zero attached hydrogens (tertiary/aromatic N) is 1. The smallest absolute Gasteiger partial charge is 0.239 e. The molecule has 0 aliphatic carbocycles. The van der Waals surface area contributed by atoms with E-state index in [0.717, 1.165) is 12.8 Å². The standard InChI is InChI=1S/C10H16N2O3S/c1-3-4-8(2)15-10-6-5-9(7-12-10)16(11,13)14/h5-8H,3-4H2,1-2H3,(H2,11,13,14). The van der Waals surface area contributed by atoms with Crippen molar-refractivity contribution in [1.29, 1.82) is 0 Å². The van der Waals surface area contributed by atoms with Crippen LogP contribution < -0.4 is 9.88 Å². The van der Waals surface area contributed by atoms with E-state index in [0.29, 0.717) is 5.88 Å². The molecule has 5 nitrogen and oxygen atoms in total. The predicted molar refractivity (Wildman–Crippen MR) is 60.6 cm³/mol. The van der Waals surface area contributed by atoms with Crippen LogP contribution in [0.4, 0.5) is 0 Å². The molecule has 2 N–H and O–H groups in total. The first-order chi connectivity index (χ1) is 7.43. The van der Waals surface area contributed by atoms with Crippen LogP contribution in [-0.4, -0.2) is 19.5 Å². The molecule has 90 valence electrons. The molecule has 0 radical (unpaired) electrons. The van der Waals surface area contributed by atoms with Crippen molar-refractivity contribution >= 4 is 10.0 Å². The molecule has 0 bridgehead atoms. The Hall–Kier alpha value is -1.14. The lowest BCUT2D eigenvalue weighted by Crippen LogP contribution is -2.14. The second kappa shape index (κ2) is 5.27. The van der Waals surface area contributed by atoms with E-state index in [4.69, 9.17) is 9.88 Å². The van der Waals surface area contributed by atoms with Gasteiger partial charge in [-0.05, 0) is 19.4 Å². The van der Waals surface area contributed by atoms with Crippen LogP contribution in [0, 0.1) is 0 Å². The van der Waals surface area contributed by atoms with Crippen molar-refractivity contribution < 1.29 is 13.2 Å². The lowest BCUT2D eigenvalue weighted by molar-refractivity contribution is 0.201. The normalized spacial score (nSPS) is 13.4. The summed E-state index contributed by atoms with van der Waals surface area (Å²) in [6.45, 7) is 4.01. The molecule has 1 aromatic rings. The highest BCUT2D eigenvalue weighted by molar-refractivity contribution is 7.89. The fourth-order valence-electron chi connectivity index (χ4n) is 1.28. The van der Waals surface area contributed by atoms with Gasteiger partial charge in [0.15, 0.2) is 0 Å². The average Bonchev–Trinajstić information content (AvgIpc) is 2.17. The van der Waals surface area contributed by atoms with Crippen LogP contribution in [0.25, 0.3) is 0 Å². The summed E-state index contributed by atoms with van der Waals surface area (Å²) in [5.41, 5.74) is 0. The van der Waals surface area contributed by atoms with Gasteiger partial charge >= 0.3 is 0 Å². The monoisotopic (exact) mass is 244 g/mol. The summed E-state index contributed by atoms with van der Waals surface area (Å²) in [5, 5.41) is 4.95. The SMILES string of the molecule is CCCC(C)Oc1ccc(S(N)(=O)=O)cn1. The highest BCUT2D eigenvalue weighted by Crippen LogP contribution is 2.13. The first-order valence-corrected chi connectivity index (χ1v) is 6.63. The number of sulfonamides is 1. The summed E-state index contributed by atoms with van der Waals surface area (Å²) in [5.74, 6) is 0.411. The summed E-state index contributed by atoms with van der Waals surface area (Å²) in [6, 6.07) is 2.89. The van der Waals surface area contributed by atoms with Crippen molar-refractivity contribution in [3.8, 4) is 5.88 Å². The highest BCUT2D eigenvalue weighted by atomic mass is 32.2. The van der Waals surface area contributed by atoms with Crippen molar-refractivity contribution in [2.45, 2.75) is 37.7 Å². The van der Waals surface area contributed by atoms with Crippen molar-refractivity contribution in [3.05, 3.63) is 18.3 Å². The molecule has 6 heteroatoms. The summed E-state index contributed by atoms with van der Waals surface area (Å²) in [6.07, 6.45) is 3.22. The van der Waals surface area contributed by atoms with E-state index >= 15 is 0 Å². The fourth-order valence-corrected chi connectivity index (χ4v) is 1.73. The van der Waals surface area contributed by atoms with E-state index < -0.39 is 10.0 Å². The Balaban J connectivity index is 2.72. The molecular formula is C10H16N2O3S. The van der Waals surface area contributed by atoms with Crippen LogP contribution in [-0.2, 0) is 10.0 Å². The van der Waals surface area contributed by atoms with Gasteiger partial charge in [0.05, 0.1) is 12.3 Å². The van der Waals surface area contributed by atoms with Gasteiger partial charge in [-0.2, -0.15) is 0 Å². The average molecular weight is 244 g/mol. The number of ether oxygens (including phenoxy) is 1. The molecule has 1 aromatic heterocycles. The zero-order chi connectivity index (χ0) is 12.2. The number of hydrogen-bond acceptors (Lipinski definition) is 4. The molecule has 1 unspecified atom stereocenters. The maximum atomic E-state index is 11.0. The molecule has 0 amide bonds. The lowest BCUT2D eigenvalue weighted by Gasteiger charge is -2.12. The zero-order valence-electron chi connectivity index (χ0n) is 9.38. The second-order valence-corrected chi connectivity index (χ2v) is 5.16. The quantitative estimate of drug-likeness (QED) is 0.846. The minimum atomic E-state index is -3.68. The van der Waals surface area contributed by atoms with E-state index in [2.05, 4.69) is 11.9 Å². The molecule has 1 rings (SSSR count).